The lowest BCUT2D eigenvalue weighted by molar-refractivity contribution is -0.118. The third kappa shape index (κ3) is 6.58. The van der Waals surface area contributed by atoms with Gasteiger partial charge in [-0.15, -0.1) is 21.5 Å². The van der Waals surface area contributed by atoms with Crippen molar-refractivity contribution in [1.29, 1.82) is 0 Å². The topological polar surface area (TPSA) is 95.5 Å². The highest BCUT2D eigenvalue weighted by Gasteiger charge is 2.16. The quantitative estimate of drug-likeness (QED) is 0.266. The van der Waals surface area contributed by atoms with E-state index >= 15 is 0 Å². The van der Waals surface area contributed by atoms with Crippen LogP contribution in [0, 0.1) is 6.92 Å². The molecular weight excluding hydrogens is 508 g/mol. The van der Waals surface area contributed by atoms with Gasteiger partial charge >= 0.3 is 0 Å². The molecular formula is C27H28N4O4S2. The molecule has 4 aromatic rings. The van der Waals surface area contributed by atoms with Crippen LogP contribution in [0.4, 0.5) is 0 Å². The summed E-state index contributed by atoms with van der Waals surface area (Å²) in [6.07, 6.45) is 0.691. The Balaban J connectivity index is 1.30. The maximum Gasteiger partial charge on any atom is 0.230 e. The fourth-order valence-electron chi connectivity index (χ4n) is 3.66. The first-order valence-electron chi connectivity index (χ1n) is 11.6. The molecule has 0 bridgehead atoms. The Hall–Kier alpha value is -3.63. The Morgan fingerprint density at radius 2 is 1.73 bits per heavy atom. The van der Waals surface area contributed by atoms with Gasteiger partial charge in [-0.3, -0.25) is 4.79 Å². The number of hydrogen-bond acceptors (Lipinski definition) is 9. The van der Waals surface area contributed by atoms with E-state index in [0.29, 0.717) is 29.5 Å². The second-order valence-electron chi connectivity index (χ2n) is 7.97. The van der Waals surface area contributed by atoms with Crippen molar-refractivity contribution in [1.82, 2.24) is 20.5 Å². The van der Waals surface area contributed by atoms with E-state index < -0.39 is 0 Å². The van der Waals surface area contributed by atoms with Crippen molar-refractivity contribution in [2.45, 2.75) is 18.4 Å². The highest BCUT2D eigenvalue weighted by Crippen LogP contribution is 2.38. The summed E-state index contributed by atoms with van der Waals surface area (Å²) in [5.74, 6) is 2.34. The molecule has 192 valence electrons. The first kappa shape index (κ1) is 26.4. The number of aromatic nitrogens is 3. The van der Waals surface area contributed by atoms with Gasteiger partial charge in [0.05, 0.1) is 43.2 Å². The van der Waals surface area contributed by atoms with Gasteiger partial charge in [0.25, 0.3) is 0 Å². The highest BCUT2D eigenvalue weighted by molar-refractivity contribution is 7.99. The molecule has 0 unspecified atom stereocenters. The largest absolute Gasteiger partial charge is 0.496 e. The maximum atomic E-state index is 12.3. The van der Waals surface area contributed by atoms with Crippen molar-refractivity contribution in [3.05, 3.63) is 65.9 Å². The molecule has 10 heteroatoms. The van der Waals surface area contributed by atoms with E-state index in [4.69, 9.17) is 19.2 Å². The molecule has 0 fully saturated rings. The number of thioether (sulfide) groups is 1. The van der Waals surface area contributed by atoms with Crippen LogP contribution in [0.3, 0.4) is 0 Å². The fraction of sp³-hybridized carbons (Fsp3) is 0.259. The number of carbonyl (C=O) groups excluding carboxylic acids is 1. The second-order valence-corrected chi connectivity index (χ2v) is 9.96. The number of para-hydroxylation sites is 1. The van der Waals surface area contributed by atoms with Crippen LogP contribution in [0.15, 0.2) is 59.6 Å². The van der Waals surface area contributed by atoms with Crippen LogP contribution in [-0.2, 0) is 11.2 Å². The minimum absolute atomic E-state index is 0.0592. The fourth-order valence-corrected chi connectivity index (χ4v) is 5.37. The van der Waals surface area contributed by atoms with E-state index in [9.17, 15) is 4.79 Å². The zero-order valence-electron chi connectivity index (χ0n) is 21.1. The van der Waals surface area contributed by atoms with E-state index in [1.807, 2.05) is 61.5 Å². The van der Waals surface area contributed by atoms with Crippen LogP contribution in [-0.4, -0.2) is 54.7 Å². The van der Waals surface area contributed by atoms with Crippen molar-refractivity contribution in [3.8, 4) is 38.4 Å². The lowest BCUT2D eigenvalue weighted by Gasteiger charge is -2.10. The van der Waals surface area contributed by atoms with Crippen LogP contribution in [0.1, 0.15) is 11.3 Å². The first-order chi connectivity index (χ1) is 18.0. The lowest BCUT2D eigenvalue weighted by Crippen LogP contribution is -2.27. The molecule has 0 saturated carbocycles. The SMILES string of the molecule is COc1ccc(CCNC(=O)CSc2ccc(-c3sc(-c4ccccc4OC)nc3C)nn2)cc1OC. The molecule has 1 amide bonds. The molecule has 0 aliphatic carbocycles. The summed E-state index contributed by atoms with van der Waals surface area (Å²) in [6.45, 7) is 2.49. The Bertz CT molecular complexity index is 1360. The van der Waals surface area contributed by atoms with Gasteiger partial charge in [0.15, 0.2) is 11.5 Å². The standard InChI is InChI=1S/C27H28N4O4S2/c1-17-26(37-27(29-17)19-7-5-6-8-21(19)33-2)20-10-12-25(31-30-20)36-16-24(32)28-14-13-18-9-11-22(34-3)23(15-18)35-4/h5-12,15H,13-14,16H2,1-4H3,(H,28,32). The normalized spacial score (nSPS) is 10.7. The Labute approximate surface area is 224 Å². The van der Waals surface area contributed by atoms with Gasteiger partial charge in [0, 0.05) is 6.54 Å². The summed E-state index contributed by atoms with van der Waals surface area (Å²) < 4.78 is 16.1. The van der Waals surface area contributed by atoms with Gasteiger partial charge in [-0.1, -0.05) is 30.0 Å². The van der Waals surface area contributed by atoms with Crippen molar-refractivity contribution >= 4 is 29.0 Å². The predicted octanol–water partition coefficient (Wildman–Crippen LogP) is 5.05. The molecule has 0 aliphatic heterocycles. The maximum absolute atomic E-state index is 12.3. The summed E-state index contributed by atoms with van der Waals surface area (Å²) in [5, 5.41) is 13.2. The third-order valence-corrected chi connectivity index (χ3v) is 7.67. The van der Waals surface area contributed by atoms with Crippen LogP contribution in [0.2, 0.25) is 0 Å². The average Bonchev–Trinajstić information content (AvgIpc) is 3.33. The Morgan fingerprint density at radius 1 is 0.946 bits per heavy atom. The Morgan fingerprint density at radius 3 is 2.46 bits per heavy atom. The lowest BCUT2D eigenvalue weighted by atomic mass is 10.1. The second kappa shape index (κ2) is 12.6. The highest BCUT2D eigenvalue weighted by atomic mass is 32.2. The number of nitrogens with one attached hydrogen (secondary N) is 1. The summed E-state index contributed by atoms with van der Waals surface area (Å²) in [5.41, 5.74) is 3.63. The summed E-state index contributed by atoms with van der Waals surface area (Å²) in [6, 6.07) is 17.3. The molecule has 2 aromatic carbocycles. The number of aryl methyl sites for hydroxylation is 1. The van der Waals surface area contributed by atoms with Crippen molar-refractivity contribution in [2.24, 2.45) is 0 Å². The number of thiazole rings is 1. The van der Waals surface area contributed by atoms with Crippen molar-refractivity contribution in [2.75, 3.05) is 33.6 Å². The number of benzene rings is 2. The molecule has 0 atom stereocenters. The molecule has 0 radical (unpaired) electrons. The summed E-state index contributed by atoms with van der Waals surface area (Å²) in [7, 11) is 4.86. The molecule has 2 aromatic heterocycles. The number of rotatable bonds is 11. The molecule has 0 spiro atoms. The van der Waals surface area contributed by atoms with E-state index in [-0.39, 0.29) is 11.7 Å². The van der Waals surface area contributed by atoms with Gasteiger partial charge in [-0.05, 0) is 55.3 Å². The van der Waals surface area contributed by atoms with Crippen LogP contribution in [0.5, 0.6) is 17.2 Å². The summed E-state index contributed by atoms with van der Waals surface area (Å²) >= 11 is 2.90. The monoisotopic (exact) mass is 536 g/mol. The molecule has 37 heavy (non-hydrogen) atoms. The van der Waals surface area contributed by atoms with Gasteiger partial charge in [-0.25, -0.2) is 4.98 Å². The third-order valence-electron chi connectivity index (χ3n) is 5.54. The Kier molecular flexibility index (Phi) is 8.97. The zero-order valence-corrected chi connectivity index (χ0v) is 22.7. The van der Waals surface area contributed by atoms with Gasteiger partial charge in [-0.2, -0.15) is 0 Å². The number of methoxy groups -OCH3 is 3. The predicted molar refractivity (Wildman–Crippen MR) is 147 cm³/mol. The van der Waals surface area contributed by atoms with Gasteiger partial charge < -0.3 is 19.5 Å². The van der Waals surface area contributed by atoms with Crippen LogP contribution in [0.25, 0.3) is 21.1 Å². The first-order valence-corrected chi connectivity index (χ1v) is 13.4. The van der Waals surface area contributed by atoms with Crippen LogP contribution < -0.4 is 19.5 Å². The van der Waals surface area contributed by atoms with Crippen molar-refractivity contribution in [3.63, 3.8) is 0 Å². The van der Waals surface area contributed by atoms with Gasteiger partial charge in [0.1, 0.15) is 21.5 Å². The molecule has 0 saturated heterocycles. The number of amides is 1. The number of ether oxygens (including phenoxy) is 3. The number of hydrogen-bond donors (Lipinski definition) is 1. The van der Waals surface area contributed by atoms with E-state index in [0.717, 1.165) is 38.1 Å². The average molecular weight is 537 g/mol. The summed E-state index contributed by atoms with van der Waals surface area (Å²) in [4.78, 5) is 18.0. The molecule has 8 nitrogen and oxygen atoms in total. The number of nitrogens with zero attached hydrogens (tertiary/aromatic N) is 3. The minimum Gasteiger partial charge on any atom is -0.496 e. The van der Waals surface area contributed by atoms with E-state index in [1.165, 1.54) is 11.8 Å². The molecule has 0 aliphatic rings. The zero-order chi connectivity index (χ0) is 26.2. The van der Waals surface area contributed by atoms with Crippen LogP contribution >= 0.6 is 23.1 Å². The molecule has 2 heterocycles. The number of carbonyl (C=O) groups is 1. The van der Waals surface area contributed by atoms with E-state index in [1.54, 1.807) is 32.7 Å². The molecule has 4 rings (SSSR count). The smallest absolute Gasteiger partial charge is 0.230 e. The minimum atomic E-state index is -0.0592. The van der Waals surface area contributed by atoms with E-state index in [2.05, 4.69) is 15.5 Å². The van der Waals surface area contributed by atoms with Gasteiger partial charge in [0.2, 0.25) is 5.91 Å². The molecule has 1 N–H and O–H groups in total. The van der Waals surface area contributed by atoms with Crippen molar-refractivity contribution < 1.29 is 19.0 Å².